The number of amides is 1. The van der Waals surface area contributed by atoms with Crippen LogP contribution < -0.4 is 5.32 Å². The molecule has 3 rings (SSSR count). The fourth-order valence-electron chi connectivity index (χ4n) is 3.14. The molecule has 1 fully saturated rings. The Morgan fingerprint density at radius 1 is 1.11 bits per heavy atom. The second kappa shape index (κ2) is 8.60. The average molecular weight is 364 g/mol. The predicted molar refractivity (Wildman–Crippen MR) is 106 cm³/mol. The number of piperazine rings is 1. The maximum atomic E-state index is 12.6. The van der Waals surface area contributed by atoms with E-state index in [2.05, 4.69) is 10.3 Å². The normalized spacial score (nSPS) is 14.7. The molecule has 1 aromatic heterocycles. The van der Waals surface area contributed by atoms with Crippen molar-refractivity contribution in [3.05, 3.63) is 71.2 Å². The average Bonchev–Trinajstić information content (AvgIpc) is 2.72. The summed E-state index contributed by atoms with van der Waals surface area (Å²) in [5, 5.41) is 3.25. The number of hydrogen-bond donors (Lipinski definition) is 1. The number of carbonyl (C=O) groups is 2. The maximum absolute atomic E-state index is 12.6. The largest absolute Gasteiger partial charge is 0.383 e. The quantitative estimate of drug-likeness (QED) is 0.821. The molecule has 1 N–H and O–H groups in total. The van der Waals surface area contributed by atoms with Crippen molar-refractivity contribution < 1.29 is 9.59 Å². The Morgan fingerprint density at radius 3 is 2.41 bits per heavy atom. The van der Waals surface area contributed by atoms with Gasteiger partial charge < -0.3 is 15.1 Å². The lowest BCUT2D eigenvalue weighted by Gasteiger charge is -2.27. The molecule has 0 aliphatic carbocycles. The van der Waals surface area contributed by atoms with Crippen LogP contribution in [0.4, 0.5) is 0 Å². The Kier molecular flexibility index (Phi) is 5.98. The molecule has 6 nitrogen and oxygen atoms in total. The minimum atomic E-state index is 0.0520. The molecule has 0 bridgehead atoms. The topological polar surface area (TPSA) is 65.5 Å². The van der Waals surface area contributed by atoms with Gasteiger partial charge in [0.05, 0.1) is 0 Å². The molecule has 140 valence electrons. The van der Waals surface area contributed by atoms with Crippen molar-refractivity contribution in [2.75, 3.05) is 40.3 Å². The van der Waals surface area contributed by atoms with Crippen LogP contribution >= 0.6 is 0 Å². The summed E-state index contributed by atoms with van der Waals surface area (Å²) in [6.45, 7) is 3.11. The molecule has 2 heterocycles. The van der Waals surface area contributed by atoms with Crippen LogP contribution in [-0.2, 0) is 0 Å². The SMILES string of the molecule is CN(C)/C=C(/c1ccc(C(=O)N2CCNCC2)cc1)c1cccnc1C=O. The van der Waals surface area contributed by atoms with Crippen LogP contribution in [-0.4, -0.2) is 67.3 Å². The fourth-order valence-corrected chi connectivity index (χ4v) is 3.14. The van der Waals surface area contributed by atoms with Crippen LogP contribution in [0.3, 0.4) is 0 Å². The molecule has 0 unspecified atom stereocenters. The Bertz CT molecular complexity index is 838. The minimum Gasteiger partial charge on any atom is -0.383 e. The standard InChI is InChI=1S/C21H24N4O2/c1-24(2)14-19(18-4-3-9-23-20(18)15-26)16-5-7-17(8-6-16)21(27)25-12-10-22-11-13-25/h3-9,14-15,22H,10-13H2,1-2H3/b19-14-. The summed E-state index contributed by atoms with van der Waals surface area (Å²) in [7, 11) is 3.86. The molecule has 0 atom stereocenters. The zero-order valence-corrected chi connectivity index (χ0v) is 15.7. The molecular formula is C21H24N4O2. The Balaban J connectivity index is 1.92. The predicted octanol–water partition coefficient (Wildman–Crippen LogP) is 1.89. The van der Waals surface area contributed by atoms with Crippen molar-refractivity contribution in [1.82, 2.24) is 20.1 Å². The first kappa shape index (κ1) is 18.8. The summed E-state index contributed by atoms with van der Waals surface area (Å²) in [5.41, 5.74) is 3.65. The number of rotatable bonds is 5. The zero-order chi connectivity index (χ0) is 19.2. The summed E-state index contributed by atoms with van der Waals surface area (Å²) in [6.07, 6.45) is 4.33. The van der Waals surface area contributed by atoms with E-state index >= 15 is 0 Å². The summed E-state index contributed by atoms with van der Waals surface area (Å²) in [4.78, 5) is 32.0. The molecule has 1 amide bonds. The zero-order valence-electron chi connectivity index (χ0n) is 15.7. The van der Waals surface area contributed by atoms with Gasteiger partial charge in [-0.2, -0.15) is 0 Å². The van der Waals surface area contributed by atoms with Gasteiger partial charge in [-0.3, -0.25) is 14.6 Å². The molecule has 0 saturated carbocycles. The van der Waals surface area contributed by atoms with E-state index in [9.17, 15) is 9.59 Å². The van der Waals surface area contributed by atoms with E-state index in [-0.39, 0.29) is 5.91 Å². The highest BCUT2D eigenvalue weighted by Gasteiger charge is 2.18. The van der Waals surface area contributed by atoms with E-state index < -0.39 is 0 Å². The molecule has 0 spiro atoms. The Hall–Kier alpha value is -2.99. The lowest BCUT2D eigenvalue weighted by atomic mass is 9.96. The van der Waals surface area contributed by atoms with Gasteiger partial charge in [-0.15, -0.1) is 0 Å². The third-order valence-electron chi connectivity index (χ3n) is 4.47. The van der Waals surface area contributed by atoms with Gasteiger partial charge >= 0.3 is 0 Å². The number of aromatic nitrogens is 1. The van der Waals surface area contributed by atoms with Gasteiger partial charge in [0.25, 0.3) is 5.91 Å². The van der Waals surface area contributed by atoms with E-state index in [1.807, 2.05) is 66.5 Å². The van der Waals surface area contributed by atoms with Crippen LogP contribution in [0.5, 0.6) is 0 Å². The molecule has 0 radical (unpaired) electrons. The lowest BCUT2D eigenvalue weighted by Crippen LogP contribution is -2.46. The highest BCUT2D eigenvalue weighted by molar-refractivity contribution is 5.95. The van der Waals surface area contributed by atoms with Gasteiger partial charge in [0, 0.05) is 69.4 Å². The maximum Gasteiger partial charge on any atom is 0.253 e. The molecule has 6 heteroatoms. The summed E-state index contributed by atoms with van der Waals surface area (Å²) < 4.78 is 0. The number of pyridine rings is 1. The Labute approximate surface area is 159 Å². The second-order valence-electron chi connectivity index (χ2n) is 6.68. The monoisotopic (exact) mass is 364 g/mol. The van der Waals surface area contributed by atoms with Gasteiger partial charge in [0.2, 0.25) is 0 Å². The van der Waals surface area contributed by atoms with Crippen LogP contribution in [0.25, 0.3) is 5.57 Å². The van der Waals surface area contributed by atoms with Crippen molar-refractivity contribution in [2.24, 2.45) is 0 Å². The van der Waals surface area contributed by atoms with Gasteiger partial charge in [0.15, 0.2) is 6.29 Å². The lowest BCUT2D eigenvalue weighted by molar-refractivity contribution is 0.0735. The number of nitrogens with one attached hydrogen (secondary N) is 1. The third kappa shape index (κ3) is 4.41. The highest BCUT2D eigenvalue weighted by atomic mass is 16.2. The molecule has 1 saturated heterocycles. The van der Waals surface area contributed by atoms with Crippen LogP contribution in [0, 0.1) is 0 Å². The molecular weight excluding hydrogens is 340 g/mol. The van der Waals surface area contributed by atoms with E-state index in [0.29, 0.717) is 11.3 Å². The highest BCUT2D eigenvalue weighted by Crippen LogP contribution is 2.26. The van der Waals surface area contributed by atoms with Gasteiger partial charge in [-0.05, 0) is 23.8 Å². The number of nitrogens with zero attached hydrogens (tertiary/aromatic N) is 3. The van der Waals surface area contributed by atoms with Crippen LogP contribution in [0.1, 0.15) is 32.0 Å². The van der Waals surface area contributed by atoms with Gasteiger partial charge in [0.1, 0.15) is 5.69 Å². The van der Waals surface area contributed by atoms with Gasteiger partial charge in [-0.25, -0.2) is 0 Å². The van der Waals surface area contributed by atoms with Crippen molar-refractivity contribution in [3.8, 4) is 0 Å². The van der Waals surface area contributed by atoms with Crippen LogP contribution in [0.15, 0.2) is 48.8 Å². The Morgan fingerprint density at radius 2 is 1.78 bits per heavy atom. The number of carbonyl (C=O) groups excluding carboxylic acids is 2. The number of hydrogen-bond acceptors (Lipinski definition) is 5. The third-order valence-corrected chi connectivity index (χ3v) is 4.47. The van der Waals surface area contributed by atoms with E-state index in [1.54, 1.807) is 6.20 Å². The first-order chi connectivity index (χ1) is 13.1. The summed E-state index contributed by atoms with van der Waals surface area (Å²) in [5.74, 6) is 0.0520. The molecule has 2 aromatic rings. The summed E-state index contributed by atoms with van der Waals surface area (Å²) >= 11 is 0. The fraction of sp³-hybridized carbons (Fsp3) is 0.286. The van der Waals surface area contributed by atoms with Crippen molar-refractivity contribution in [3.63, 3.8) is 0 Å². The van der Waals surface area contributed by atoms with Crippen molar-refractivity contribution in [1.29, 1.82) is 0 Å². The van der Waals surface area contributed by atoms with Crippen molar-refractivity contribution >= 4 is 17.8 Å². The summed E-state index contributed by atoms with van der Waals surface area (Å²) in [6, 6.07) is 11.2. The van der Waals surface area contributed by atoms with E-state index in [4.69, 9.17) is 0 Å². The molecule has 27 heavy (non-hydrogen) atoms. The number of aldehydes is 1. The van der Waals surface area contributed by atoms with E-state index in [1.165, 1.54) is 0 Å². The molecule has 1 aliphatic heterocycles. The van der Waals surface area contributed by atoms with Crippen molar-refractivity contribution in [2.45, 2.75) is 0 Å². The van der Waals surface area contributed by atoms with Crippen LogP contribution in [0.2, 0.25) is 0 Å². The molecule has 1 aromatic carbocycles. The first-order valence-electron chi connectivity index (χ1n) is 8.99. The molecule has 1 aliphatic rings. The number of benzene rings is 1. The van der Waals surface area contributed by atoms with Gasteiger partial charge in [-0.1, -0.05) is 18.2 Å². The first-order valence-corrected chi connectivity index (χ1v) is 8.99. The smallest absolute Gasteiger partial charge is 0.253 e. The van der Waals surface area contributed by atoms with E-state index in [0.717, 1.165) is 49.2 Å². The second-order valence-corrected chi connectivity index (χ2v) is 6.68. The minimum absolute atomic E-state index is 0.0520.